The van der Waals surface area contributed by atoms with E-state index in [2.05, 4.69) is 6.58 Å². The van der Waals surface area contributed by atoms with Crippen LogP contribution < -0.4 is 0 Å². The summed E-state index contributed by atoms with van der Waals surface area (Å²) in [4.78, 5) is 12.6. The van der Waals surface area contributed by atoms with Gasteiger partial charge in [0, 0.05) is 6.42 Å². The van der Waals surface area contributed by atoms with Gasteiger partial charge in [0.15, 0.2) is 5.88 Å². The molecule has 1 fully saturated rings. The first kappa shape index (κ1) is 7.12. The molecule has 1 heterocycles. The van der Waals surface area contributed by atoms with Crippen molar-refractivity contribution in [3.63, 3.8) is 0 Å². The summed E-state index contributed by atoms with van der Waals surface area (Å²) in [5.41, 5.74) is 0. The Labute approximate surface area is 60.3 Å². The lowest BCUT2D eigenvalue weighted by molar-refractivity contribution is -0.128. The minimum absolute atomic E-state index is 0.0856. The fraction of sp³-hybridized carbons (Fsp3) is 0.571. The number of ether oxygens (including phenoxy) is 1. The molecule has 0 N–H and O–H groups in total. The van der Waals surface area contributed by atoms with E-state index in [-0.39, 0.29) is 5.91 Å². The normalized spacial score (nSPS) is 17.3. The second-order valence-corrected chi connectivity index (χ2v) is 2.14. The number of carbonyl (C=O) groups excluding carboxylic acids is 1. The minimum Gasteiger partial charge on any atom is -0.477 e. The number of rotatable bonds is 1. The van der Waals surface area contributed by atoms with Crippen LogP contribution in [0.1, 0.15) is 13.3 Å². The first-order valence-electron chi connectivity index (χ1n) is 3.37. The summed E-state index contributed by atoms with van der Waals surface area (Å²) in [6, 6.07) is 0. The van der Waals surface area contributed by atoms with Crippen molar-refractivity contribution in [1.82, 2.24) is 4.90 Å². The van der Waals surface area contributed by atoms with Gasteiger partial charge in [-0.2, -0.15) is 0 Å². The van der Waals surface area contributed by atoms with Crippen LogP contribution in [0.3, 0.4) is 0 Å². The van der Waals surface area contributed by atoms with Crippen LogP contribution in [-0.2, 0) is 9.53 Å². The van der Waals surface area contributed by atoms with Crippen LogP contribution in [0.15, 0.2) is 12.5 Å². The van der Waals surface area contributed by atoms with E-state index in [9.17, 15) is 4.79 Å². The molecule has 56 valence electrons. The Hall–Kier alpha value is -0.990. The van der Waals surface area contributed by atoms with Crippen LogP contribution >= 0.6 is 0 Å². The molecular formula is C7H11NO2. The van der Waals surface area contributed by atoms with Gasteiger partial charge in [0.25, 0.3) is 0 Å². The van der Waals surface area contributed by atoms with Gasteiger partial charge in [-0.25, -0.2) is 0 Å². The Balaban J connectivity index is 2.55. The highest BCUT2D eigenvalue weighted by Gasteiger charge is 2.20. The number of amides is 1. The summed E-state index contributed by atoms with van der Waals surface area (Å²) in [7, 11) is 0. The van der Waals surface area contributed by atoms with Gasteiger partial charge >= 0.3 is 0 Å². The van der Waals surface area contributed by atoms with Crippen molar-refractivity contribution in [2.45, 2.75) is 13.3 Å². The molecule has 1 aliphatic heterocycles. The van der Waals surface area contributed by atoms with Gasteiger partial charge in [0.05, 0.1) is 6.54 Å². The van der Waals surface area contributed by atoms with E-state index in [4.69, 9.17) is 4.74 Å². The van der Waals surface area contributed by atoms with E-state index >= 15 is 0 Å². The van der Waals surface area contributed by atoms with E-state index in [1.807, 2.05) is 6.92 Å². The van der Waals surface area contributed by atoms with E-state index in [0.717, 1.165) is 0 Å². The Morgan fingerprint density at radius 2 is 2.60 bits per heavy atom. The summed E-state index contributed by atoms with van der Waals surface area (Å²) < 4.78 is 5.00. The predicted molar refractivity (Wildman–Crippen MR) is 37.1 cm³/mol. The highest BCUT2D eigenvalue weighted by atomic mass is 16.5. The molecule has 1 saturated heterocycles. The average Bonchev–Trinajstić information content (AvgIpc) is 2.34. The van der Waals surface area contributed by atoms with E-state index < -0.39 is 0 Å². The van der Waals surface area contributed by atoms with Gasteiger partial charge in [0.1, 0.15) is 6.61 Å². The fourth-order valence-corrected chi connectivity index (χ4v) is 0.912. The zero-order valence-corrected chi connectivity index (χ0v) is 6.09. The maximum Gasteiger partial charge on any atom is 0.229 e. The standard InChI is InChI=1S/C7H11NO2/c1-3-7(9)8-4-5-10-6(8)2/h2-5H2,1H3. The van der Waals surface area contributed by atoms with Gasteiger partial charge in [-0.15, -0.1) is 0 Å². The molecule has 0 aromatic heterocycles. The van der Waals surface area contributed by atoms with E-state index in [1.165, 1.54) is 0 Å². The first-order valence-corrected chi connectivity index (χ1v) is 3.37. The molecule has 0 radical (unpaired) electrons. The van der Waals surface area contributed by atoms with Crippen LogP contribution in [0.4, 0.5) is 0 Å². The van der Waals surface area contributed by atoms with Crippen LogP contribution in [0.5, 0.6) is 0 Å². The second kappa shape index (κ2) is 2.73. The molecule has 3 nitrogen and oxygen atoms in total. The number of nitrogens with zero attached hydrogens (tertiary/aromatic N) is 1. The smallest absolute Gasteiger partial charge is 0.229 e. The molecule has 1 aliphatic rings. The zero-order chi connectivity index (χ0) is 7.56. The summed E-state index contributed by atoms with van der Waals surface area (Å²) in [5, 5.41) is 0. The molecule has 1 amide bonds. The molecule has 0 saturated carbocycles. The zero-order valence-electron chi connectivity index (χ0n) is 6.09. The molecule has 10 heavy (non-hydrogen) atoms. The quantitative estimate of drug-likeness (QED) is 0.538. The molecule has 0 spiro atoms. The van der Waals surface area contributed by atoms with Gasteiger partial charge in [-0.05, 0) is 6.58 Å². The summed E-state index contributed by atoms with van der Waals surface area (Å²) in [6.07, 6.45) is 0.516. The van der Waals surface area contributed by atoms with E-state index in [0.29, 0.717) is 25.5 Å². The number of hydrogen-bond acceptors (Lipinski definition) is 2. The van der Waals surface area contributed by atoms with Crippen molar-refractivity contribution < 1.29 is 9.53 Å². The van der Waals surface area contributed by atoms with Gasteiger partial charge in [0.2, 0.25) is 5.91 Å². The highest BCUT2D eigenvalue weighted by Crippen LogP contribution is 2.11. The Kier molecular flexibility index (Phi) is 1.94. The Morgan fingerprint density at radius 1 is 1.90 bits per heavy atom. The number of hydrogen-bond donors (Lipinski definition) is 0. The summed E-state index contributed by atoms with van der Waals surface area (Å²) in [5.74, 6) is 0.578. The van der Waals surface area contributed by atoms with Gasteiger partial charge < -0.3 is 4.74 Å². The van der Waals surface area contributed by atoms with Crippen molar-refractivity contribution in [3.8, 4) is 0 Å². The lowest BCUT2D eigenvalue weighted by Crippen LogP contribution is -2.25. The van der Waals surface area contributed by atoms with Crippen molar-refractivity contribution in [2.75, 3.05) is 13.2 Å². The minimum atomic E-state index is 0.0856. The van der Waals surface area contributed by atoms with Gasteiger partial charge in [-0.1, -0.05) is 6.92 Å². The molecule has 0 unspecified atom stereocenters. The van der Waals surface area contributed by atoms with Crippen LogP contribution in [-0.4, -0.2) is 24.0 Å². The lowest BCUT2D eigenvalue weighted by atomic mass is 10.4. The Morgan fingerprint density at radius 3 is 3.00 bits per heavy atom. The monoisotopic (exact) mass is 141 g/mol. The van der Waals surface area contributed by atoms with Crippen molar-refractivity contribution in [3.05, 3.63) is 12.5 Å². The predicted octanol–water partition coefficient (Wildman–Crippen LogP) is 0.726. The van der Waals surface area contributed by atoms with Crippen LogP contribution in [0.25, 0.3) is 0 Å². The maximum atomic E-state index is 11.0. The first-order chi connectivity index (χ1) is 4.75. The van der Waals surface area contributed by atoms with Crippen LogP contribution in [0.2, 0.25) is 0 Å². The summed E-state index contributed by atoms with van der Waals surface area (Å²) in [6.45, 7) is 6.66. The third kappa shape index (κ3) is 1.12. The lowest BCUT2D eigenvalue weighted by Gasteiger charge is -2.11. The number of carbonyl (C=O) groups is 1. The Bertz CT molecular complexity index is 165. The molecule has 3 heteroatoms. The molecule has 0 aromatic carbocycles. The van der Waals surface area contributed by atoms with Crippen molar-refractivity contribution in [1.29, 1.82) is 0 Å². The highest BCUT2D eigenvalue weighted by molar-refractivity contribution is 5.77. The van der Waals surface area contributed by atoms with Crippen LogP contribution in [0, 0.1) is 0 Å². The van der Waals surface area contributed by atoms with E-state index in [1.54, 1.807) is 4.90 Å². The molecular weight excluding hydrogens is 130 g/mol. The molecule has 1 rings (SSSR count). The third-order valence-corrected chi connectivity index (χ3v) is 1.49. The largest absolute Gasteiger partial charge is 0.477 e. The fourth-order valence-electron chi connectivity index (χ4n) is 0.912. The van der Waals surface area contributed by atoms with Crippen molar-refractivity contribution >= 4 is 5.91 Å². The SMILES string of the molecule is C=C1OCCN1C(=O)CC. The second-order valence-electron chi connectivity index (χ2n) is 2.14. The average molecular weight is 141 g/mol. The maximum absolute atomic E-state index is 11.0. The molecule has 0 aliphatic carbocycles. The van der Waals surface area contributed by atoms with Gasteiger partial charge in [-0.3, -0.25) is 9.69 Å². The molecule has 0 aromatic rings. The summed E-state index contributed by atoms with van der Waals surface area (Å²) >= 11 is 0. The molecule has 0 bridgehead atoms. The third-order valence-electron chi connectivity index (χ3n) is 1.49. The van der Waals surface area contributed by atoms with Crippen molar-refractivity contribution in [2.24, 2.45) is 0 Å². The molecule has 0 atom stereocenters. The topological polar surface area (TPSA) is 29.5 Å².